The van der Waals surface area contributed by atoms with Gasteiger partial charge in [-0.15, -0.1) is 0 Å². The molecule has 0 aliphatic rings. The maximum atomic E-state index is 11.5. The van der Waals surface area contributed by atoms with Gasteiger partial charge in [0.05, 0.1) is 7.11 Å². The van der Waals surface area contributed by atoms with Crippen LogP contribution in [0.3, 0.4) is 0 Å². The van der Waals surface area contributed by atoms with Gasteiger partial charge in [0, 0.05) is 5.92 Å². The van der Waals surface area contributed by atoms with Crippen molar-refractivity contribution >= 4 is 6.29 Å². The number of rotatable bonds is 10. The summed E-state index contributed by atoms with van der Waals surface area (Å²) in [6, 6.07) is 7.82. The van der Waals surface area contributed by atoms with Crippen LogP contribution in [0.4, 0.5) is 0 Å². The molecule has 0 aliphatic heterocycles. The fraction of sp³-hybridized carbons (Fsp3) is 0.500. The maximum absolute atomic E-state index is 11.5. The molecule has 0 aliphatic carbocycles. The second-order valence-corrected chi connectivity index (χ2v) is 6.58. The molecule has 0 aromatic heterocycles. The van der Waals surface area contributed by atoms with E-state index in [1.165, 1.54) is 16.7 Å². The van der Waals surface area contributed by atoms with Crippen molar-refractivity contribution in [2.45, 2.75) is 65.7 Å². The van der Waals surface area contributed by atoms with Crippen LogP contribution in [0.2, 0.25) is 0 Å². The Labute approximate surface area is 147 Å². The molecule has 1 aromatic rings. The molecule has 0 bridgehead atoms. The van der Waals surface area contributed by atoms with Crippen LogP contribution >= 0.6 is 0 Å². The zero-order chi connectivity index (χ0) is 17.9. The van der Waals surface area contributed by atoms with E-state index in [1.807, 2.05) is 24.3 Å². The molecule has 0 amide bonds. The van der Waals surface area contributed by atoms with E-state index in [0.717, 1.165) is 49.7 Å². The molecule has 0 saturated heterocycles. The number of carbonyl (C=O) groups excluding carboxylic acids is 1. The van der Waals surface area contributed by atoms with Crippen LogP contribution in [0.25, 0.3) is 0 Å². The normalized spacial score (nSPS) is 14.1. The molecule has 132 valence electrons. The Morgan fingerprint density at radius 3 is 2.46 bits per heavy atom. The molecule has 1 rings (SSSR count). The third kappa shape index (κ3) is 6.74. The molecule has 0 N–H and O–H groups in total. The van der Waals surface area contributed by atoms with Gasteiger partial charge >= 0.3 is 0 Å². The molecule has 2 nitrogen and oxygen atoms in total. The van der Waals surface area contributed by atoms with Crippen molar-refractivity contribution in [2.24, 2.45) is 0 Å². The lowest BCUT2D eigenvalue weighted by molar-refractivity contribution is -0.109. The van der Waals surface area contributed by atoms with Crippen molar-refractivity contribution in [1.29, 1.82) is 0 Å². The molecule has 1 atom stereocenters. The van der Waals surface area contributed by atoms with Crippen molar-refractivity contribution in [2.75, 3.05) is 7.11 Å². The van der Waals surface area contributed by atoms with E-state index in [1.54, 1.807) is 7.11 Å². The number of hydrogen-bond acceptors (Lipinski definition) is 2. The van der Waals surface area contributed by atoms with Gasteiger partial charge in [-0.3, -0.25) is 0 Å². The third-order valence-electron chi connectivity index (χ3n) is 4.69. The van der Waals surface area contributed by atoms with E-state index in [-0.39, 0.29) is 5.92 Å². The standard InChI is InChI=1S/C22H32O2/c1-6-8-17(2)11-12-18(3)19(4)13-14-21(16-23)20-9-7-10-22(15-20)24-5/h7-10,15-16,21H,6,11-14H2,1-5H3. The number of aldehydes is 1. The monoisotopic (exact) mass is 328 g/mol. The Morgan fingerprint density at radius 1 is 1.12 bits per heavy atom. The predicted octanol–water partition coefficient (Wildman–Crippen LogP) is 6.23. The summed E-state index contributed by atoms with van der Waals surface area (Å²) in [5.41, 5.74) is 5.37. The minimum atomic E-state index is -0.0652. The highest BCUT2D eigenvalue weighted by Gasteiger charge is 2.12. The number of benzene rings is 1. The largest absolute Gasteiger partial charge is 0.497 e. The summed E-state index contributed by atoms with van der Waals surface area (Å²) in [6.45, 7) is 8.80. The molecule has 1 unspecified atom stereocenters. The van der Waals surface area contributed by atoms with E-state index in [2.05, 4.69) is 33.8 Å². The number of methoxy groups -OCH3 is 1. The van der Waals surface area contributed by atoms with Crippen LogP contribution in [-0.4, -0.2) is 13.4 Å². The summed E-state index contributed by atoms with van der Waals surface area (Å²) in [4.78, 5) is 11.5. The summed E-state index contributed by atoms with van der Waals surface area (Å²) in [5.74, 6) is 0.741. The predicted molar refractivity (Wildman–Crippen MR) is 103 cm³/mol. The molecule has 2 heteroatoms. The van der Waals surface area contributed by atoms with Gasteiger partial charge in [0.15, 0.2) is 0 Å². The van der Waals surface area contributed by atoms with E-state index < -0.39 is 0 Å². The van der Waals surface area contributed by atoms with E-state index in [0.29, 0.717) is 0 Å². The molecule has 24 heavy (non-hydrogen) atoms. The van der Waals surface area contributed by atoms with Gasteiger partial charge in [-0.05, 0) is 70.6 Å². The minimum absolute atomic E-state index is 0.0652. The summed E-state index contributed by atoms with van der Waals surface area (Å²) in [6.07, 6.45) is 8.52. The van der Waals surface area contributed by atoms with Crippen molar-refractivity contribution in [3.8, 4) is 5.75 Å². The van der Waals surface area contributed by atoms with Crippen LogP contribution in [0, 0.1) is 0 Å². The first kappa shape index (κ1) is 20.2. The van der Waals surface area contributed by atoms with Crippen LogP contribution < -0.4 is 4.74 Å². The Morgan fingerprint density at radius 2 is 1.83 bits per heavy atom. The van der Waals surface area contributed by atoms with Gasteiger partial charge in [0.1, 0.15) is 12.0 Å². The van der Waals surface area contributed by atoms with Crippen LogP contribution in [-0.2, 0) is 4.79 Å². The fourth-order valence-corrected chi connectivity index (χ4v) is 2.82. The van der Waals surface area contributed by atoms with Gasteiger partial charge in [0.25, 0.3) is 0 Å². The zero-order valence-corrected chi connectivity index (χ0v) is 15.9. The lowest BCUT2D eigenvalue weighted by Crippen LogP contribution is -2.02. The number of allylic oxidation sites excluding steroid dienone is 4. The van der Waals surface area contributed by atoms with Crippen molar-refractivity contribution < 1.29 is 9.53 Å². The number of hydrogen-bond donors (Lipinski definition) is 0. The lowest BCUT2D eigenvalue weighted by atomic mass is 9.91. The Balaban J connectivity index is 2.65. The lowest BCUT2D eigenvalue weighted by Gasteiger charge is -2.14. The highest BCUT2D eigenvalue weighted by atomic mass is 16.5. The second-order valence-electron chi connectivity index (χ2n) is 6.58. The van der Waals surface area contributed by atoms with Crippen LogP contribution in [0.5, 0.6) is 5.75 Å². The van der Waals surface area contributed by atoms with E-state index >= 15 is 0 Å². The minimum Gasteiger partial charge on any atom is -0.497 e. The number of ether oxygens (including phenoxy) is 1. The van der Waals surface area contributed by atoms with Gasteiger partial charge in [-0.1, -0.05) is 41.9 Å². The SMILES string of the molecule is CCC=C(C)CCC(C)=C(C)CCC(C=O)c1cccc(OC)c1. The summed E-state index contributed by atoms with van der Waals surface area (Å²) < 4.78 is 5.26. The van der Waals surface area contributed by atoms with Gasteiger partial charge < -0.3 is 9.53 Å². The quantitative estimate of drug-likeness (QED) is 0.376. The number of carbonyl (C=O) groups is 1. The van der Waals surface area contributed by atoms with Crippen molar-refractivity contribution in [3.63, 3.8) is 0 Å². The Kier molecular flexibility index (Phi) is 9.14. The molecular weight excluding hydrogens is 296 g/mol. The van der Waals surface area contributed by atoms with Gasteiger partial charge in [-0.25, -0.2) is 0 Å². The Bertz CT molecular complexity index is 581. The Hall–Kier alpha value is -1.83. The summed E-state index contributed by atoms with van der Waals surface area (Å²) in [5, 5.41) is 0. The topological polar surface area (TPSA) is 26.3 Å². The summed E-state index contributed by atoms with van der Waals surface area (Å²) in [7, 11) is 1.65. The molecule has 0 fully saturated rings. The molecule has 0 spiro atoms. The van der Waals surface area contributed by atoms with E-state index in [9.17, 15) is 4.79 Å². The molecule has 0 radical (unpaired) electrons. The molecular formula is C22H32O2. The van der Waals surface area contributed by atoms with Crippen molar-refractivity contribution in [1.82, 2.24) is 0 Å². The average Bonchev–Trinajstić information content (AvgIpc) is 2.60. The van der Waals surface area contributed by atoms with Crippen molar-refractivity contribution in [3.05, 3.63) is 52.6 Å². The third-order valence-corrected chi connectivity index (χ3v) is 4.69. The molecule has 1 aromatic carbocycles. The van der Waals surface area contributed by atoms with E-state index in [4.69, 9.17) is 4.74 Å². The zero-order valence-electron chi connectivity index (χ0n) is 15.9. The second kappa shape index (κ2) is 10.9. The van der Waals surface area contributed by atoms with Crippen LogP contribution in [0.1, 0.15) is 71.3 Å². The molecule has 0 saturated carbocycles. The van der Waals surface area contributed by atoms with Gasteiger partial charge in [-0.2, -0.15) is 0 Å². The first-order valence-electron chi connectivity index (χ1n) is 8.91. The maximum Gasteiger partial charge on any atom is 0.127 e. The first-order chi connectivity index (χ1) is 11.5. The molecule has 0 heterocycles. The smallest absolute Gasteiger partial charge is 0.127 e. The van der Waals surface area contributed by atoms with Gasteiger partial charge in [0.2, 0.25) is 0 Å². The highest BCUT2D eigenvalue weighted by Crippen LogP contribution is 2.26. The summed E-state index contributed by atoms with van der Waals surface area (Å²) >= 11 is 0. The van der Waals surface area contributed by atoms with Crippen LogP contribution in [0.15, 0.2) is 47.1 Å². The average molecular weight is 328 g/mol. The highest BCUT2D eigenvalue weighted by molar-refractivity contribution is 5.62. The fourth-order valence-electron chi connectivity index (χ4n) is 2.82. The first-order valence-corrected chi connectivity index (χ1v) is 8.91.